The van der Waals surface area contributed by atoms with Crippen LogP contribution in [0.3, 0.4) is 0 Å². The zero-order valence-electron chi connectivity index (χ0n) is 13.3. The topological polar surface area (TPSA) is 42.9 Å². The third-order valence-electron chi connectivity index (χ3n) is 2.97. The van der Waals surface area contributed by atoms with E-state index in [1.165, 1.54) is 0 Å². The van der Waals surface area contributed by atoms with Crippen LogP contribution in [0.25, 0.3) is 0 Å². The SMILES string of the molecule is C=CCOc1c(OCC)cc(C=NNc2ccccc2)c(Br)c1Br. The summed E-state index contributed by atoms with van der Waals surface area (Å²) in [6.45, 7) is 6.53. The monoisotopic (exact) mass is 452 g/mol. The van der Waals surface area contributed by atoms with Crippen molar-refractivity contribution in [3.63, 3.8) is 0 Å². The molecule has 0 amide bonds. The zero-order chi connectivity index (χ0) is 17.4. The Bertz CT molecular complexity index is 719. The van der Waals surface area contributed by atoms with Crippen molar-refractivity contribution in [1.29, 1.82) is 0 Å². The number of rotatable bonds is 8. The maximum atomic E-state index is 5.70. The molecule has 0 aliphatic carbocycles. The summed E-state index contributed by atoms with van der Waals surface area (Å²) in [7, 11) is 0. The lowest BCUT2D eigenvalue weighted by molar-refractivity contribution is 0.295. The van der Waals surface area contributed by atoms with Gasteiger partial charge in [-0.2, -0.15) is 5.10 Å². The molecule has 2 aromatic carbocycles. The van der Waals surface area contributed by atoms with Gasteiger partial charge in [-0.15, -0.1) is 0 Å². The fourth-order valence-electron chi connectivity index (χ4n) is 1.93. The van der Waals surface area contributed by atoms with Gasteiger partial charge in [0.25, 0.3) is 0 Å². The minimum Gasteiger partial charge on any atom is -0.490 e. The Labute approximate surface area is 158 Å². The third-order valence-corrected chi connectivity index (χ3v) is 5.12. The molecule has 2 rings (SSSR count). The molecule has 24 heavy (non-hydrogen) atoms. The molecule has 1 N–H and O–H groups in total. The summed E-state index contributed by atoms with van der Waals surface area (Å²) in [4.78, 5) is 0. The van der Waals surface area contributed by atoms with Crippen LogP contribution in [-0.4, -0.2) is 19.4 Å². The van der Waals surface area contributed by atoms with Gasteiger partial charge in [0, 0.05) is 10.0 Å². The van der Waals surface area contributed by atoms with E-state index in [-0.39, 0.29) is 0 Å². The number of benzene rings is 2. The van der Waals surface area contributed by atoms with Crippen LogP contribution in [-0.2, 0) is 0 Å². The summed E-state index contributed by atoms with van der Waals surface area (Å²) in [6, 6.07) is 11.6. The molecule has 2 aromatic rings. The quantitative estimate of drug-likeness (QED) is 0.320. The fraction of sp³-hybridized carbons (Fsp3) is 0.167. The number of anilines is 1. The van der Waals surface area contributed by atoms with Gasteiger partial charge in [0.15, 0.2) is 11.5 Å². The number of nitrogens with one attached hydrogen (secondary N) is 1. The molecule has 0 saturated heterocycles. The molecule has 0 aliphatic heterocycles. The Morgan fingerprint density at radius 2 is 1.92 bits per heavy atom. The second-order valence-corrected chi connectivity index (χ2v) is 6.28. The highest BCUT2D eigenvalue weighted by atomic mass is 79.9. The molecule has 0 saturated carbocycles. The highest BCUT2D eigenvalue weighted by Gasteiger charge is 2.16. The van der Waals surface area contributed by atoms with Crippen LogP contribution in [0.4, 0.5) is 5.69 Å². The van der Waals surface area contributed by atoms with Gasteiger partial charge in [0.1, 0.15) is 6.61 Å². The second-order valence-electron chi connectivity index (χ2n) is 4.69. The van der Waals surface area contributed by atoms with Crippen molar-refractivity contribution in [2.45, 2.75) is 6.92 Å². The standard InChI is InChI=1S/C18H18Br2N2O2/c1-3-10-24-18-15(23-4-2)11-13(16(19)17(18)20)12-21-22-14-8-6-5-7-9-14/h3,5-9,11-12,22H,1,4,10H2,2H3. The van der Waals surface area contributed by atoms with Gasteiger partial charge in [-0.1, -0.05) is 30.9 Å². The van der Waals surface area contributed by atoms with Crippen molar-refractivity contribution >= 4 is 43.8 Å². The molecule has 0 aliphatic rings. The van der Waals surface area contributed by atoms with Gasteiger partial charge >= 0.3 is 0 Å². The summed E-state index contributed by atoms with van der Waals surface area (Å²) in [5, 5.41) is 4.27. The van der Waals surface area contributed by atoms with E-state index in [4.69, 9.17) is 9.47 Å². The largest absolute Gasteiger partial charge is 0.490 e. The lowest BCUT2D eigenvalue weighted by Gasteiger charge is -2.15. The van der Waals surface area contributed by atoms with E-state index in [1.54, 1.807) is 12.3 Å². The van der Waals surface area contributed by atoms with Crippen molar-refractivity contribution in [1.82, 2.24) is 0 Å². The Morgan fingerprint density at radius 3 is 2.58 bits per heavy atom. The lowest BCUT2D eigenvalue weighted by Crippen LogP contribution is -2.02. The minimum absolute atomic E-state index is 0.397. The van der Waals surface area contributed by atoms with E-state index in [0.717, 1.165) is 20.2 Å². The van der Waals surface area contributed by atoms with Crippen molar-refractivity contribution < 1.29 is 9.47 Å². The first-order valence-corrected chi connectivity index (χ1v) is 8.98. The van der Waals surface area contributed by atoms with Crippen molar-refractivity contribution in [3.05, 3.63) is 63.6 Å². The van der Waals surface area contributed by atoms with Crippen LogP contribution in [0.5, 0.6) is 11.5 Å². The van der Waals surface area contributed by atoms with E-state index in [2.05, 4.69) is 49.0 Å². The van der Waals surface area contributed by atoms with Gasteiger partial charge in [0.05, 0.1) is 23.0 Å². The first-order valence-electron chi connectivity index (χ1n) is 7.40. The smallest absolute Gasteiger partial charge is 0.176 e. The highest BCUT2D eigenvalue weighted by Crippen LogP contribution is 2.42. The molecule has 0 aromatic heterocycles. The van der Waals surface area contributed by atoms with Crippen LogP contribution >= 0.6 is 31.9 Å². The Hall–Kier alpha value is -1.79. The normalized spacial score (nSPS) is 10.6. The van der Waals surface area contributed by atoms with Gasteiger partial charge in [-0.05, 0) is 57.0 Å². The van der Waals surface area contributed by atoms with Gasteiger partial charge in [-0.3, -0.25) is 5.43 Å². The number of para-hydroxylation sites is 1. The van der Waals surface area contributed by atoms with E-state index in [1.807, 2.05) is 43.3 Å². The predicted octanol–water partition coefficient (Wildman–Crippen LogP) is 5.62. The molecule has 0 unspecified atom stereocenters. The zero-order valence-corrected chi connectivity index (χ0v) is 16.4. The molecule has 0 atom stereocenters. The van der Waals surface area contributed by atoms with Crippen LogP contribution in [0.15, 0.2) is 63.1 Å². The molecule has 0 spiro atoms. The number of hydrogen-bond donors (Lipinski definition) is 1. The maximum Gasteiger partial charge on any atom is 0.176 e. The molecule has 0 bridgehead atoms. The van der Waals surface area contributed by atoms with E-state index in [0.29, 0.717) is 24.7 Å². The number of halogens is 2. The van der Waals surface area contributed by atoms with Crippen LogP contribution < -0.4 is 14.9 Å². The molecular weight excluding hydrogens is 436 g/mol. The first kappa shape index (κ1) is 18.5. The van der Waals surface area contributed by atoms with Crippen LogP contribution in [0.2, 0.25) is 0 Å². The van der Waals surface area contributed by atoms with E-state index < -0.39 is 0 Å². The maximum absolute atomic E-state index is 5.70. The second kappa shape index (κ2) is 9.49. The lowest BCUT2D eigenvalue weighted by atomic mass is 10.2. The van der Waals surface area contributed by atoms with Crippen molar-refractivity contribution in [3.8, 4) is 11.5 Å². The number of nitrogens with zero attached hydrogens (tertiary/aromatic N) is 1. The van der Waals surface area contributed by atoms with Crippen molar-refractivity contribution in [2.24, 2.45) is 5.10 Å². The molecule has 126 valence electrons. The van der Waals surface area contributed by atoms with Crippen LogP contribution in [0, 0.1) is 0 Å². The summed E-state index contributed by atoms with van der Waals surface area (Å²) in [5.41, 5.74) is 4.77. The van der Waals surface area contributed by atoms with Crippen LogP contribution in [0.1, 0.15) is 12.5 Å². The fourth-order valence-corrected chi connectivity index (χ4v) is 2.86. The first-order chi connectivity index (χ1) is 11.7. The Balaban J connectivity index is 2.27. The van der Waals surface area contributed by atoms with Gasteiger partial charge in [0.2, 0.25) is 0 Å². The summed E-state index contributed by atoms with van der Waals surface area (Å²) in [6.07, 6.45) is 3.41. The Morgan fingerprint density at radius 1 is 1.17 bits per heavy atom. The number of hydrogen-bond acceptors (Lipinski definition) is 4. The third kappa shape index (κ3) is 4.85. The molecule has 0 radical (unpaired) electrons. The predicted molar refractivity (Wildman–Crippen MR) is 106 cm³/mol. The van der Waals surface area contributed by atoms with E-state index in [9.17, 15) is 0 Å². The number of hydrazone groups is 1. The van der Waals surface area contributed by atoms with E-state index >= 15 is 0 Å². The highest BCUT2D eigenvalue weighted by molar-refractivity contribution is 9.13. The number of ether oxygens (including phenoxy) is 2. The molecule has 4 nitrogen and oxygen atoms in total. The summed E-state index contributed by atoms with van der Waals surface area (Å²) < 4.78 is 13.0. The minimum atomic E-state index is 0.397. The molecule has 0 fully saturated rings. The molecule has 0 heterocycles. The summed E-state index contributed by atoms with van der Waals surface area (Å²) >= 11 is 7.12. The average molecular weight is 454 g/mol. The average Bonchev–Trinajstić information content (AvgIpc) is 2.60. The van der Waals surface area contributed by atoms with Crippen molar-refractivity contribution in [2.75, 3.05) is 18.6 Å². The molecule has 6 heteroatoms. The van der Waals surface area contributed by atoms with Gasteiger partial charge in [-0.25, -0.2) is 0 Å². The van der Waals surface area contributed by atoms with Gasteiger partial charge < -0.3 is 9.47 Å². The summed E-state index contributed by atoms with van der Waals surface area (Å²) in [5.74, 6) is 1.28. The molecular formula is C18H18Br2N2O2. The Kier molecular flexibility index (Phi) is 7.34.